The van der Waals surface area contributed by atoms with E-state index in [1.807, 2.05) is 18.2 Å². The first-order chi connectivity index (χ1) is 6.74. The fraction of sp³-hybridized carbons (Fsp3) is 0.273. The van der Waals surface area contributed by atoms with Crippen LogP contribution in [0.15, 0.2) is 24.8 Å². The first kappa shape index (κ1) is 10.6. The van der Waals surface area contributed by atoms with Gasteiger partial charge < -0.3 is 15.2 Å². The summed E-state index contributed by atoms with van der Waals surface area (Å²) in [5, 5.41) is 0. The monoisotopic (exact) mass is 193 g/mol. The fourth-order valence-corrected chi connectivity index (χ4v) is 1.28. The van der Waals surface area contributed by atoms with Gasteiger partial charge in [0.25, 0.3) is 0 Å². The smallest absolute Gasteiger partial charge is 0.168 e. The van der Waals surface area contributed by atoms with Gasteiger partial charge in [0.15, 0.2) is 11.5 Å². The van der Waals surface area contributed by atoms with Crippen LogP contribution in [-0.2, 0) is 0 Å². The van der Waals surface area contributed by atoms with E-state index in [4.69, 9.17) is 15.2 Å². The molecular formula is C11H15NO2. The van der Waals surface area contributed by atoms with Crippen LogP contribution < -0.4 is 15.2 Å². The number of hydrogen-bond acceptors (Lipinski definition) is 3. The summed E-state index contributed by atoms with van der Waals surface area (Å²) >= 11 is 0. The first-order valence-corrected chi connectivity index (χ1v) is 4.33. The topological polar surface area (TPSA) is 44.5 Å². The molecule has 3 heteroatoms. The van der Waals surface area contributed by atoms with Crippen LogP contribution in [0.5, 0.6) is 11.5 Å². The lowest BCUT2D eigenvalue weighted by molar-refractivity contribution is 0.354. The summed E-state index contributed by atoms with van der Waals surface area (Å²) in [5.74, 6) is 1.38. The van der Waals surface area contributed by atoms with E-state index in [9.17, 15) is 0 Å². The maximum atomic E-state index is 5.52. The normalized spacial score (nSPS) is 9.64. The Labute approximate surface area is 84.1 Å². The standard InChI is InChI=1S/C11H15NO2/c1-8(7-12)9-5-4-6-10(13-2)11(9)14-3/h4-6H,1,7,12H2,2-3H3. The summed E-state index contributed by atoms with van der Waals surface area (Å²) in [5.41, 5.74) is 7.25. The maximum absolute atomic E-state index is 5.52. The molecule has 0 fully saturated rings. The number of methoxy groups -OCH3 is 2. The van der Waals surface area contributed by atoms with E-state index in [0.29, 0.717) is 18.0 Å². The summed E-state index contributed by atoms with van der Waals surface area (Å²) in [7, 11) is 3.21. The average Bonchev–Trinajstić information content (AvgIpc) is 2.26. The summed E-state index contributed by atoms with van der Waals surface area (Å²) in [4.78, 5) is 0. The van der Waals surface area contributed by atoms with Gasteiger partial charge in [-0.1, -0.05) is 18.7 Å². The molecule has 14 heavy (non-hydrogen) atoms. The van der Waals surface area contributed by atoms with Gasteiger partial charge in [-0.05, 0) is 11.6 Å². The SMILES string of the molecule is C=C(CN)c1cccc(OC)c1OC. The highest BCUT2D eigenvalue weighted by molar-refractivity contribution is 5.72. The zero-order valence-corrected chi connectivity index (χ0v) is 8.54. The molecule has 0 radical (unpaired) electrons. The summed E-state index contributed by atoms with van der Waals surface area (Å²) in [6.07, 6.45) is 0. The Hall–Kier alpha value is -1.48. The molecule has 0 heterocycles. The Morgan fingerprint density at radius 3 is 2.57 bits per heavy atom. The summed E-state index contributed by atoms with van der Waals surface area (Å²) in [6.45, 7) is 4.27. The van der Waals surface area contributed by atoms with E-state index in [-0.39, 0.29) is 0 Å². The van der Waals surface area contributed by atoms with E-state index < -0.39 is 0 Å². The van der Waals surface area contributed by atoms with Crippen molar-refractivity contribution < 1.29 is 9.47 Å². The van der Waals surface area contributed by atoms with Gasteiger partial charge in [-0.2, -0.15) is 0 Å². The van der Waals surface area contributed by atoms with Crippen molar-refractivity contribution in [3.8, 4) is 11.5 Å². The van der Waals surface area contributed by atoms with Crippen molar-refractivity contribution >= 4 is 5.57 Å². The molecule has 1 aromatic carbocycles. The van der Waals surface area contributed by atoms with E-state index in [2.05, 4.69) is 6.58 Å². The van der Waals surface area contributed by atoms with Crippen LogP contribution in [-0.4, -0.2) is 20.8 Å². The van der Waals surface area contributed by atoms with Crippen molar-refractivity contribution in [2.24, 2.45) is 5.73 Å². The van der Waals surface area contributed by atoms with Gasteiger partial charge >= 0.3 is 0 Å². The van der Waals surface area contributed by atoms with Crippen LogP contribution in [0.1, 0.15) is 5.56 Å². The molecule has 76 valence electrons. The number of benzene rings is 1. The van der Waals surface area contributed by atoms with Gasteiger partial charge in [0.05, 0.1) is 14.2 Å². The summed E-state index contributed by atoms with van der Waals surface area (Å²) < 4.78 is 10.4. The highest BCUT2D eigenvalue weighted by atomic mass is 16.5. The van der Waals surface area contributed by atoms with Crippen molar-refractivity contribution in [2.45, 2.75) is 0 Å². The van der Waals surface area contributed by atoms with Crippen molar-refractivity contribution in [3.05, 3.63) is 30.3 Å². The third-order valence-corrected chi connectivity index (χ3v) is 2.03. The number of hydrogen-bond donors (Lipinski definition) is 1. The van der Waals surface area contributed by atoms with Gasteiger partial charge in [0.2, 0.25) is 0 Å². The second-order valence-corrected chi connectivity index (χ2v) is 2.85. The molecule has 1 aromatic rings. The summed E-state index contributed by atoms with van der Waals surface area (Å²) in [6, 6.07) is 5.64. The molecule has 0 saturated carbocycles. The molecule has 0 spiro atoms. The van der Waals surface area contributed by atoms with Crippen LogP contribution in [0.2, 0.25) is 0 Å². The van der Waals surface area contributed by atoms with Crippen LogP contribution in [0.4, 0.5) is 0 Å². The van der Waals surface area contributed by atoms with E-state index in [0.717, 1.165) is 11.1 Å². The Balaban J connectivity index is 3.21. The lowest BCUT2D eigenvalue weighted by Gasteiger charge is -2.12. The maximum Gasteiger partial charge on any atom is 0.168 e. The van der Waals surface area contributed by atoms with Gasteiger partial charge in [0.1, 0.15) is 0 Å². The predicted molar refractivity (Wildman–Crippen MR) is 57.6 cm³/mol. The van der Waals surface area contributed by atoms with E-state index in [1.54, 1.807) is 14.2 Å². The molecule has 0 aliphatic heterocycles. The number of rotatable bonds is 4. The second-order valence-electron chi connectivity index (χ2n) is 2.85. The molecule has 1 rings (SSSR count). The van der Waals surface area contributed by atoms with E-state index >= 15 is 0 Å². The first-order valence-electron chi connectivity index (χ1n) is 4.33. The number of nitrogens with two attached hydrogens (primary N) is 1. The lowest BCUT2D eigenvalue weighted by atomic mass is 10.1. The molecule has 0 saturated heterocycles. The molecule has 0 amide bonds. The van der Waals surface area contributed by atoms with Crippen molar-refractivity contribution in [1.82, 2.24) is 0 Å². The van der Waals surface area contributed by atoms with Crippen molar-refractivity contribution in [3.63, 3.8) is 0 Å². The molecule has 0 atom stereocenters. The third-order valence-electron chi connectivity index (χ3n) is 2.03. The third kappa shape index (κ3) is 1.88. The quantitative estimate of drug-likeness (QED) is 0.791. The molecule has 0 unspecified atom stereocenters. The highest BCUT2D eigenvalue weighted by Crippen LogP contribution is 2.33. The van der Waals surface area contributed by atoms with Gasteiger partial charge in [-0.3, -0.25) is 0 Å². The highest BCUT2D eigenvalue weighted by Gasteiger charge is 2.10. The minimum Gasteiger partial charge on any atom is -0.493 e. The van der Waals surface area contributed by atoms with Crippen LogP contribution >= 0.6 is 0 Å². The van der Waals surface area contributed by atoms with E-state index in [1.165, 1.54) is 0 Å². The minimum absolute atomic E-state index is 0.406. The molecule has 0 bridgehead atoms. The Morgan fingerprint density at radius 1 is 1.36 bits per heavy atom. The molecule has 0 aliphatic rings. The largest absolute Gasteiger partial charge is 0.493 e. The second kappa shape index (κ2) is 4.67. The predicted octanol–water partition coefficient (Wildman–Crippen LogP) is 1.68. The molecular weight excluding hydrogens is 178 g/mol. The number of ether oxygens (including phenoxy) is 2. The van der Waals surface area contributed by atoms with Crippen LogP contribution in [0.3, 0.4) is 0 Å². The fourth-order valence-electron chi connectivity index (χ4n) is 1.28. The minimum atomic E-state index is 0.406. The Kier molecular flexibility index (Phi) is 3.54. The lowest BCUT2D eigenvalue weighted by Crippen LogP contribution is -2.03. The molecule has 0 aromatic heterocycles. The van der Waals surface area contributed by atoms with Crippen LogP contribution in [0.25, 0.3) is 5.57 Å². The Bertz CT molecular complexity index is 334. The molecule has 3 nitrogen and oxygen atoms in total. The zero-order valence-electron chi connectivity index (χ0n) is 8.54. The van der Waals surface area contributed by atoms with Crippen LogP contribution in [0, 0.1) is 0 Å². The van der Waals surface area contributed by atoms with Gasteiger partial charge in [-0.25, -0.2) is 0 Å². The van der Waals surface area contributed by atoms with Gasteiger partial charge in [-0.15, -0.1) is 0 Å². The molecule has 0 aliphatic carbocycles. The zero-order chi connectivity index (χ0) is 10.6. The average molecular weight is 193 g/mol. The molecule has 2 N–H and O–H groups in total. The van der Waals surface area contributed by atoms with Crippen molar-refractivity contribution in [1.29, 1.82) is 0 Å². The Morgan fingerprint density at radius 2 is 2.07 bits per heavy atom. The number of para-hydroxylation sites is 1. The van der Waals surface area contributed by atoms with Gasteiger partial charge in [0, 0.05) is 12.1 Å². The van der Waals surface area contributed by atoms with Crippen molar-refractivity contribution in [2.75, 3.05) is 20.8 Å².